The van der Waals surface area contributed by atoms with E-state index in [-0.39, 0.29) is 5.69 Å². The fourth-order valence-electron chi connectivity index (χ4n) is 2.41. The van der Waals surface area contributed by atoms with Crippen LogP contribution in [0.25, 0.3) is 10.9 Å². The molecule has 0 saturated carbocycles. The SMILES string of the molecule is O=C(O)c1cc2cc(Cl)ccc2n1Cc1ccc(Cl)c(Cl)c1. The van der Waals surface area contributed by atoms with Crippen LogP contribution in [-0.4, -0.2) is 15.6 Å². The first-order valence-corrected chi connectivity index (χ1v) is 7.55. The number of benzene rings is 2. The second-order valence-corrected chi connectivity index (χ2v) is 6.12. The molecule has 3 nitrogen and oxygen atoms in total. The van der Waals surface area contributed by atoms with Crippen LogP contribution in [0.15, 0.2) is 42.5 Å². The summed E-state index contributed by atoms with van der Waals surface area (Å²) < 4.78 is 1.72. The number of aromatic carboxylic acids is 1. The van der Waals surface area contributed by atoms with Crippen LogP contribution in [0.1, 0.15) is 16.1 Å². The molecule has 3 rings (SSSR count). The van der Waals surface area contributed by atoms with Gasteiger partial charge in [-0.25, -0.2) is 4.79 Å². The lowest BCUT2D eigenvalue weighted by molar-refractivity contribution is 0.0686. The van der Waals surface area contributed by atoms with E-state index in [2.05, 4.69) is 0 Å². The molecule has 0 unspecified atom stereocenters. The summed E-state index contributed by atoms with van der Waals surface area (Å²) >= 11 is 17.9. The Bertz CT molecular complexity index is 886. The molecular formula is C16H10Cl3NO2. The van der Waals surface area contributed by atoms with Gasteiger partial charge in [-0.1, -0.05) is 40.9 Å². The number of carbonyl (C=O) groups is 1. The minimum Gasteiger partial charge on any atom is -0.477 e. The van der Waals surface area contributed by atoms with E-state index >= 15 is 0 Å². The molecule has 0 aliphatic carbocycles. The van der Waals surface area contributed by atoms with E-state index in [1.807, 2.05) is 12.1 Å². The number of halogens is 3. The van der Waals surface area contributed by atoms with E-state index in [0.717, 1.165) is 16.5 Å². The summed E-state index contributed by atoms with van der Waals surface area (Å²) in [5.41, 5.74) is 1.86. The van der Waals surface area contributed by atoms with Crippen molar-refractivity contribution in [2.75, 3.05) is 0 Å². The van der Waals surface area contributed by atoms with Crippen molar-refractivity contribution in [2.45, 2.75) is 6.54 Å². The molecule has 3 aromatic rings. The summed E-state index contributed by atoms with van der Waals surface area (Å²) in [5, 5.41) is 11.7. The molecule has 0 aliphatic heterocycles. The van der Waals surface area contributed by atoms with Gasteiger partial charge in [0.2, 0.25) is 0 Å². The molecule has 0 fully saturated rings. The fraction of sp³-hybridized carbons (Fsp3) is 0.0625. The maximum atomic E-state index is 11.5. The summed E-state index contributed by atoms with van der Waals surface area (Å²) in [6.45, 7) is 0.379. The molecule has 1 N–H and O–H groups in total. The van der Waals surface area contributed by atoms with Crippen LogP contribution in [-0.2, 0) is 6.54 Å². The molecule has 0 spiro atoms. The van der Waals surface area contributed by atoms with Gasteiger partial charge in [0.05, 0.1) is 10.0 Å². The Hall–Kier alpha value is -1.68. The van der Waals surface area contributed by atoms with Crippen LogP contribution >= 0.6 is 34.8 Å². The van der Waals surface area contributed by atoms with Gasteiger partial charge < -0.3 is 9.67 Å². The number of hydrogen-bond donors (Lipinski definition) is 1. The van der Waals surface area contributed by atoms with Gasteiger partial charge >= 0.3 is 5.97 Å². The largest absolute Gasteiger partial charge is 0.477 e. The highest BCUT2D eigenvalue weighted by Crippen LogP contribution is 2.27. The number of aromatic nitrogens is 1. The van der Waals surface area contributed by atoms with Crippen molar-refractivity contribution in [3.63, 3.8) is 0 Å². The van der Waals surface area contributed by atoms with Crippen molar-refractivity contribution >= 4 is 51.7 Å². The number of carboxylic acids is 1. The Morgan fingerprint density at radius 1 is 1.00 bits per heavy atom. The second kappa shape index (κ2) is 5.84. The minimum absolute atomic E-state index is 0.198. The number of rotatable bonds is 3. The summed E-state index contributed by atoms with van der Waals surface area (Å²) in [5.74, 6) is -0.993. The van der Waals surface area contributed by atoms with Crippen LogP contribution in [0.3, 0.4) is 0 Å². The molecule has 1 heterocycles. The van der Waals surface area contributed by atoms with Crippen LogP contribution in [0, 0.1) is 0 Å². The van der Waals surface area contributed by atoms with Gasteiger partial charge in [0, 0.05) is 22.5 Å². The first-order chi connectivity index (χ1) is 10.5. The number of fused-ring (bicyclic) bond motifs is 1. The van der Waals surface area contributed by atoms with Gasteiger partial charge in [0.25, 0.3) is 0 Å². The first-order valence-electron chi connectivity index (χ1n) is 6.42. The van der Waals surface area contributed by atoms with Crippen molar-refractivity contribution in [1.82, 2.24) is 4.57 Å². The zero-order chi connectivity index (χ0) is 15.9. The molecule has 1 aromatic heterocycles. The number of carboxylic acid groups (broad SMARTS) is 1. The smallest absolute Gasteiger partial charge is 0.352 e. The highest BCUT2D eigenvalue weighted by atomic mass is 35.5. The summed E-state index contributed by atoms with van der Waals surface area (Å²) in [6, 6.07) is 12.2. The minimum atomic E-state index is -0.993. The topological polar surface area (TPSA) is 42.2 Å². The maximum Gasteiger partial charge on any atom is 0.352 e. The lowest BCUT2D eigenvalue weighted by atomic mass is 10.2. The van der Waals surface area contributed by atoms with Gasteiger partial charge in [-0.05, 0) is 42.0 Å². The van der Waals surface area contributed by atoms with E-state index < -0.39 is 5.97 Å². The van der Waals surface area contributed by atoms with Crippen molar-refractivity contribution in [1.29, 1.82) is 0 Å². The zero-order valence-electron chi connectivity index (χ0n) is 11.2. The molecule has 0 amide bonds. The quantitative estimate of drug-likeness (QED) is 0.689. The fourth-order valence-corrected chi connectivity index (χ4v) is 2.91. The standard InChI is InChI=1S/C16H10Cl3NO2/c17-11-2-4-14-10(6-11)7-15(16(21)22)20(14)8-9-1-3-12(18)13(19)5-9/h1-7H,8H2,(H,21,22). The second-order valence-electron chi connectivity index (χ2n) is 4.87. The molecular weight excluding hydrogens is 345 g/mol. The van der Waals surface area contributed by atoms with Gasteiger partial charge in [-0.2, -0.15) is 0 Å². The van der Waals surface area contributed by atoms with Crippen LogP contribution < -0.4 is 0 Å². The Balaban J connectivity index is 2.13. The molecule has 0 radical (unpaired) electrons. The summed E-state index contributed by atoms with van der Waals surface area (Å²) in [6.07, 6.45) is 0. The van der Waals surface area contributed by atoms with E-state index in [0.29, 0.717) is 21.6 Å². The number of nitrogens with zero attached hydrogens (tertiary/aromatic N) is 1. The predicted molar refractivity (Wildman–Crippen MR) is 89.5 cm³/mol. The molecule has 0 bridgehead atoms. The average Bonchev–Trinajstić information content (AvgIpc) is 2.81. The molecule has 0 aliphatic rings. The van der Waals surface area contributed by atoms with Gasteiger partial charge in [-0.15, -0.1) is 0 Å². The van der Waals surface area contributed by atoms with Gasteiger partial charge in [-0.3, -0.25) is 0 Å². The van der Waals surface area contributed by atoms with Crippen molar-refractivity contribution in [2.24, 2.45) is 0 Å². The van der Waals surface area contributed by atoms with Crippen molar-refractivity contribution < 1.29 is 9.90 Å². The summed E-state index contributed by atoms with van der Waals surface area (Å²) in [4.78, 5) is 11.5. The van der Waals surface area contributed by atoms with Gasteiger partial charge in [0.1, 0.15) is 5.69 Å². The van der Waals surface area contributed by atoms with E-state index in [9.17, 15) is 9.90 Å². The average molecular weight is 355 g/mol. The zero-order valence-corrected chi connectivity index (χ0v) is 13.5. The highest BCUT2D eigenvalue weighted by molar-refractivity contribution is 6.42. The van der Waals surface area contributed by atoms with Crippen LogP contribution in [0.2, 0.25) is 15.1 Å². The maximum absolute atomic E-state index is 11.5. The van der Waals surface area contributed by atoms with Gasteiger partial charge in [0.15, 0.2) is 0 Å². The van der Waals surface area contributed by atoms with Crippen molar-refractivity contribution in [3.05, 3.63) is 68.8 Å². The van der Waals surface area contributed by atoms with Crippen molar-refractivity contribution in [3.8, 4) is 0 Å². The lowest BCUT2D eigenvalue weighted by Crippen LogP contribution is -2.09. The van der Waals surface area contributed by atoms with E-state index in [1.165, 1.54) is 0 Å². The third kappa shape index (κ3) is 2.80. The molecule has 0 atom stereocenters. The lowest BCUT2D eigenvalue weighted by Gasteiger charge is -2.09. The Kier molecular flexibility index (Phi) is 4.04. The molecule has 6 heteroatoms. The van der Waals surface area contributed by atoms with Crippen LogP contribution in [0.5, 0.6) is 0 Å². The van der Waals surface area contributed by atoms with E-state index in [4.69, 9.17) is 34.8 Å². The third-order valence-corrected chi connectivity index (χ3v) is 4.38. The normalized spacial score (nSPS) is 11.0. The molecule has 22 heavy (non-hydrogen) atoms. The summed E-state index contributed by atoms with van der Waals surface area (Å²) in [7, 11) is 0. The monoisotopic (exact) mass is 353 g/mol. The van der Waals surface area contributed by atoms with E-state index in [1.54, 1.807) is 34.9 Å². The van der Waals surface area contributed by atoms with Crippen LogP contribution in [0.4, 0.5) is 0 Å². The Morgan fingerprint density at radius 3 is 2.45 bits per heavy atom. The number of hydrogen-bond acceptors (Lipinski definition) is 1. The molecule has 2 aromatic carbocycles. The highest BCUT2D eigenvalue weighted by Gasteiger charge is 2.15. The molecule has 0 saturated heterocycles. The first kappa shape index (κ1) is 15.2. The molecule has 112 valence electrons. The Labute approximate surface area is 141 Å². The Morgan fingerprint density at radius 2 is 1.77 bits per heavy atom. The predicted octanol–water partition coefficient (Wildman–Crippen LogP) is 5.35. The third-order valence-electron chi connectivity index (χ3n) is 3.41.